The number of aromatic nitrogens is 2. The molecule has 19 heavy (non-hydrogen) atoms. The van der Waals surface area contributed by atoms with Gasteiger partial charge in [0.05, 0.1) is 4.47 Å². The Morgan fingerprint density at radius 3 is 3.00 bits per heavy atom. The molecule has 3 rings (SSSR count). The summed E-state index contributed by atoms with van der Waals surface area (Å²) in [7, 11) is 0. The van der Waals surface area contributed by atoms with Crippen LogP contribution in [0.15, 0.2) is 40.3 Å². The first-order valence-electron chi connectivity index (χ1n) is 5.50. The highest BCUT2D eigenvalue weighted by Crippen LogP contribution is 2.28. The van der Waals surface area contributed by atoms with Crippen LogP contribution >= 0.6 is 27.3 Å². The van der Waals surface area contributed by atoms with Crippen molar-refractivity contribution in [2.75, 3.05) is 10.7 Å². The van der Waals surface area contributed by atoms with Crippen molar-refractivity contribution in [3.05, 3.63) is 40.3 Å². The molecule has 2 aromatic heterocycles. The van der Waals surface area contributed by atoms with E-state index in [9.17, 15) is 0 Å². The number of thiophene rings is 1. The van der Waals surface area contributed by atoms with Gasteiger partial charge >= 0.3 is 0 Å². The minimum Gasteiger partial charge on any atom is -0.339 e. The lowest BCUT2D eigenvalue weighted by Crippen LogP contribution is -2.11. The molecule has 0 aliphatic carbocycles. The first-order chi connectivity index (χ1) is 9.26. The first kappa shape index (κ1) is 12.3. The molecule has 7 heteroatoms. The number of halogens is 1. The Balaban J connectivity index is 1.95. The second kappa shape index (κ2) is 5.12. The van der Waals surface area contributed by atoms with Gasteiger partial charge in [0.2, 0.25) is 5.95 Å². The van der Waals surface area contributed by atoms with Gasteiger partial charge in [-0.1, -0.05) is 0 Å². The highest BCUT2D eigenvalue weighted by molar-refractivity contribution is 9.10. The van der Waals surface area contributed by atoms with E-state index >= 15 is 0 Å². The van der Waals surface area contributed by atoms with E-state index in [0.29, 0.717) is 11.8 Å². The molecule has 0 aliphatic heterocycles. The van der Waals surface area contributed by atoms with Crippen LogP contribution in [0.5, 0.6) is 0 Å². The molecule has 0 spiro atoms. The lowest BCUT2D eigenvalue weighted by atomic mass is 10.2. The van der Waals surface area contributed by atoms with E-state index in [1.807, 2.05) is 6.07 Å². The summed E-state index contributed by atoms with van der Waals surface area (Å²) in [5.74, 6) is 6.33. The quantitative estimate of drug-likeness (QED) is 0.504. The van der Waals surface area contributed by atoms with E-state index in [4.69, 9.17) is 5.84 Å². The van der Waals surface area contributed by atoms with Crippen molar-refractivity contribution in [3.8, 4) is 0 Å². The molecule has 0 radical (unpaired) electrons. The van der Waals surface area contributed by atoms with Gasteiger partial charge in [0, 0.05) is 16.6 Å². The predicted octanol–water partition coefficient (Wildman–Crippen LogP) is 3.48. The number of nitrogen functional groups attached to an aromatic ring is 1. The summed E-state index contributed by atoms with van der Waals surface area (Å²) in [6.45, 7) is 0. The average molecular weight is 336 g/mol. The number of rotatable bonds is 3. The van der Waals surface area contributed by atoms with Gasteiger partial charge in [-0.15, -0.1) is 11.3 Å². The number of nitrogens with one attached hydrogen (secondary N) is 2. The van der Waals surface area contributed by atoms with Crippen LogP contribution in [-0.2, 0) is 0 Å². The number of hydrazine groups is 1. The summed E-state index contributed by atoms with van der Waals surface area (Å²) >= 11 is 5.13. The minimum atomic E-state index is 0.363. The van der Waals surface area contributed by atoms with Gasteiger partial charge in [0.15, 0.2) is 0 Å². The van der Waals surface area contributed by atoms with Crippen LogP contribution in [0.25, 0.3) is 10.1 Å². The fourth-order valence-electron chi connectivity index (χ4n) is 1.71. The molecule has 2 heterocycles. The number of nitrogens with two attached hydrogens (primary N) is 1. The van der Waals surface area contributed by atoms with Crippen molar-refractivity contribution in [2.45, 2.75) is 0 Å². The largest absolute Gasteiger partial charge is 0.339 e. The van der Waals surface area contributed by atoms with Crippen LogP contribution in [0.1, 0.15) is 0 Å². The maximum Gasteiger partial charge on any atom is 0.239 e. The van der Waals surface area contributed by atoms with Gasteiger partial charge in [0.1, 0.15) is 5.82 Å². The van der Waals surface area contributed by atoms with Gasteiger partial charge < -0.3 is 5.32 Å². The summed E-state index contributed by atoms with van der Waals surface area (Å²) in [4.78, 5) is 8.26. The Hall–Kier alpha value is -1.70. The number of nitrogens with zero attached hydrogens (tertiary/aromatic N) is 2. The standard InChI is InChI=1S/C12H10BrN5S/c13-9-6-15-12(18-14)17-11(9)16-8-1-2-10-7(5-8)3-4-19-10/h1-6H,14H2,(H2,15,16,17,18). The SMILES string of the molecule is NNc1ncc(Br)c(Nc2ccc3sccc3c2)n1. The summed E-state index contributed by atoms with van der Waals surface area (Å²) in [6.07, 6.45) is 1.65. The van der Waals surface area contributed by atoms with Crippen molar-refractivity contribution < 1.29 is 0 Å². The highest BCUT2D eigenvalue weighted by Gasteiger charge is 2.05. The Morgan fingerprint density at radius 2 is 2.16 bits per heavy atom. The Morgan fingerprint density at radius 1 is 1.26 bits per heavy atom. The smallest absolute Gasteiger partial charge is 0.239 e. The van der Waals surface area contributed by atoms with Crippen LogP contribution in [0.4, 0.5) is 17.5 Å². The van der Waals surface area contributed by atoms with Crippen LogP contribution in [-0.4, -0.2) is 9.97 Å². The average Bonchev–Trinajstić information content (AvgIpc) is 2.89. The monoisotopic (exact) mass is 335 g/mol. The molecule has 0 amide bonds. The molecule has 0 aliphatic rings. The summed E-state index contributed by atoms with van der Waals surface area (Å²) in [5.41, 5.74) is 3.39. The maximum atomic E-state index is 5.31. The number of hydrogen-bond acceptors (Lipinski definition) is 6. The molecular weight excluding hydrogens is 326 g/mol. The van der Waals surface area contributed by atoms with Gasteiger partial charge in [-0.05, 0) is 51.0 Å². The molecule has 0 saturated carbocycles. The van der Waals surface area contributed by atoms with Gasteiger partial charge in [-0.25, -0.2) is 10.8 Å². The highest BCUT2D eigenvalue weighted by atomic mass is 79.9. The molecular formula is C12H10BrN5S. The van der Waals surface area contributed by atoms with Crippen molar-refractivity contribution >= 4 is 54.8 Å². The molecule has 3 aromatic rings. The molecule has 0 atom stereocenters. The Bertz CT molecular complexity index is 727. The minimum absolute atomic E-state index is 0.363. The Kier molecular flexibility index (Phi) is 3.33. The molecule has 0 saturated heterocycles. The van der Waals surface area contributed by atoms with Crippen molar-refractivity contribution in [1.82, 2.24) is 9.97 Å². The lowest BCUT2D eigenvalue weighted by molar-refractivity contribution is 1.11. The van der Waals surface area contributed by atoms with Gasteiger partial charge in [0.25, 0.3) is 0 Å². The third-order valence-electron chi connectivity index (χ3n) is 2.59. The molecule has 1 aromatic carbocycles. The zero-order chi connectivity index (χ0) is 13.2. The van der Waals surface area contributed by atoms with Crippen LogP contribution < -0.4 is 16.6 Å². The zero-order valence-electron chi connectivity index (χ0n) is 9.72. The summed E-state index contributed by atoms with van der Waals surface area (Å²) < 4.78 is 2.04. The van der Waals surface area contributed by atoms with Crippen molar-refractivity contribution in [3.63, 3.8) is 0 Å². The maximum absolute atomic E-state index is 5.31. The van der Waals surface area contributed by atoms with E-state index in [0.717, 1.165) is 10.2 Å². The molecule has 4 N–H and O–H groups in total. The fourth-order valence-corrected chi connectivity index (χ4v) is 2.77. The van der Waals surface area contributed by atoms with Crippen molar-refractivity contribution in [2.24, 2.45) is 5.84 Å². The normalized spacial score (nSPS) is 10.6. The number of anilines is 3. The molecule has 0 bridgehead atoms. The topological polar surface area (TPSA) is 75.9 Å². The van der Waals surface area contributed by atoms with Gasteiger partial charge in [-0.2, -0.15) is 4.98 Å². The second-order valence-electron chi connectivity index (χ2n) is 3.83. The van der Waals surface area contributed by atoms with E-state index in [-0.39, 0.29) is 0 Å². The number of hydrogen-bond donors (Lipinski definition) is 3. The van der Waals surface area contributed by atoms with Crippen molar-refractivity contribution in [1.29, 1.82) is 0 Å². The zero-order valence-corrected chi connectivity index (χ0v) is 12.1. The summed E-state index contributed by atoms with van der Waals surface area (Å²) in [6, 6.07) is 8.27. The lowest BCUT2D eigenvalue weighted by Gasteiger charge is -2.08. The predicted molar refractivity (Wildman–Crippen MR) is 82.6 cm³/mol. The van der Waals surface area contributed by atoms with Crippen LogP contribution in [0.2, 0.25) is 0 Å². The number of benzene rings is 1. The first-order valence-corrected chi connectivity index (χ1v) is 7.17. The van der Waals surface area contributed by atoms with Crippen LogP contribution in [0.3, 0.4) is 0 Å². The fraction of sp³-hybridized carbons (Fsp3) is 0. The molecule has 96 valence electrons. The summed E-state index contributed by atoms with van der Waals surface area (Å²) in [5, 5.41) is 6.52. The van der Waals surface area contributed by atoms with Crippen LogP contribution in [0, 0.1) is 0 Å². The van der Waals surface area contributed by atoms with E-state index in [1.54, 1.807) is 17.5 Å². The van der Waals surface area contributed by atoms with E-state index in [1.165, 1.54) is 10.1 Å². The number of fused-ring (bicyclic) bond motifs is 1. The molecule has 0 fully saturated rings. The van der Waals surface area contributed by atoms with E-state index in [2.05, 4.69) is 60.2 Å². The van der Waals surface area contributed by atoms with Gasteiger partial charge in [-0.3, -0.25) is 5.43 Å². The third kappa shape index (κ3) is 2.53. The second-order valence-corrected chi connectivity index (χ2v) is 5.63. The molecule has 5 nitrogen and oxygen atoms in total. The third-order valence-corrected chi connectivity index (χ3v) is 4.07. The Labute approximate surface area is 122 Å². The molecule has 0 unspecified atom stereocenters. The van der Waals surface area contributed by atoms with E-state index < -0.39 is 0 Å².